The maximum Gasteiger partial charge on any atom is 0.349 e. The number of nitrogens with zero attached hydrogens (tertiary/aromatic N) is 2. The van der Waals surface area contributed by atoms with Crippen molar-refractivity contribution in [3.05, 3.63) is 69.6 Å². The Bertz CT molecular complexity index is 1200. The van der Waals surface area contributed by atoms with Crippen LogP contribution in [0.25, 0.3) is 5.69 Å². The zero-order chi connectivity index (χ0) is 24.1. The molecule has 1 saturated carbocycles. The van der Waals surface area contributed by atoms with Crippen molar-refractivity contribution in [3.8, 4) is 5.69 Å². The molecule has 1 heterocycles. The number of rotatable bonds is 7. The molecule has 1 amide bonds. The predicted molar refractivity (Wildman–Crippen MR) is 129 cm³/mol. The third kappa shape index (κ3) is 5.48. The molecule has 4 rings (SSSR count). The molecule has 0 saturated heterocycles. The van der Waals surface area contributed by atoms with Crippen LogP contribution < -0.4 is 16.3 Å². The first-order valence-electron chi connectivity index (χ1n) is 11.2. The lowest BCUT2D eigenvalue weighted by atomic mass is 9.84. The minimum atomic E-state index is -0.399. The van der Waals surface area contributed by atoms with Crippen LogP contribution in [0.1, 0.15) is 43.0 Å². The summed E-state index contributed by atoms with van der Waals surface area (Å²) in [5.74, 6) is -0.546. The first kappa shape index (κ1) is 23.6. The molecule has 1 aliphatic rings. The number of esters is 1. The highest BCUT2D eigenvalue weighted by molar-refractivity contribution is 6.30. The number of halogens is 1. The van der Waals surface area contributed by atoms with E-state index in [0.29, 0.717) is 35.0 Å². The van der Waals surface area contributed by atoms with Crippen LogP contribution >= 0.6 is 11.6 Å². The first-order chi connectivity index (χ1) is 16.4. The summed E-state index contributed by atoms with van der Waals surface area (Å²) in [5.41, 5.74) is 1.30. The van der Waals surface area contributed by atoms with E-state index in [0.717, 1.165) is 19.3 Å². The molecule has 178 valence electrons. The van der Waals surface area contributed by atoms with Crippen LogP contribution in [0.5, 0.6) is 0 Å². The van der Waals surface area contributed by atoms with Crippen LogP contribution in [0, 0.1) is 5.92 Å². The van der Waals surface area contributed by atoms with Gasteiger partial charge in [-0.05, 0) is 68.3 Å². The van der Waals surface area contributed by atoms with Crippen LogP contribution in [0.2, 0.25) is 5.02 Å². The standard InChI is InChI=1S/C24H26ClN5O4/c1-2-34-22(32)19-5-3-4-6-20(19)27-21(31)15-7-11-17(12-8-15)26-23-28-24(33)30(29-23)18-13-9-16(25)10-14-18/h7-14,19-20H,2-6H2,1H3,(H,27,31)(H2,26,28,29,33)/t19-,20+/m0/s1. The predicted octanol–water partition coefficient (Wildman–Crippen LogP) is 3.81. The molecule has 0 spiro atoms. The maximum atomic E-state index is 12.8. The van der Waals surface area contributed by atoms with Gasteiger partial charge in [0.25, 0.3) is 5.91 Å². The Morgan fingerprint density at radius 1 is 1.12 bits per heavy atom. The van der Waals surface area contributed by atoms with Gasteiger partial charge in [-0.25, -0.2) is 4.79 Å². The normalized spacial score (nSPS) is 17.7. The Kier molecular flexibility index (Phi) is 7.32. The zero-order valence-corrected chi connectivity index (χ0v) is 19.5. The Morgan fingerprint density at radius 2 is 1.82 bits per heavy atom. The van der Waals surface area contributed by atoms with Gasteiger partial charge in [0.1, 0.15) is 0 Å². The number of hydrogen-bond acceptors (Lipinski definition) is 6. The Morgan fingerprint density at radius 3 is 2.53 bits per heavy atom. The molecule has 0 unspecified atom stereocenters. The molecule has 1 aromatic heterocycles. The highest BCUT2D eigenvalue weighted by Gasteiger charge is 2.33. The summed E-state index contributed by atoms with van der Waals surface area (Å²) in [6.45, 7) is 2.11. The topological polar surface area (TPSA) is 118 Å². The van der Waals surface area contributed by atoms with E-state index in [4.69, 9.17) is 16.3 Å². The van der Waals surface area contributed by atoms with Gasteiger partial charge in [0.2, 0.25) is 5.95 Å². The van der Waals surface area contributed by atoms with Crippen molar-refractivity contribution in [2.24, 2.45) is 5.92 Å². The molecule has 2 atom stereocenters. The summed E-state index contributed by atoms with van der Waals surface area (Å²) < 4.78 is 6.40. The number of carbonyl (C=O) groups excluding carboxylic acids is 2. The fourth-order valence-corrected chi connectivity index (χ4v) is 4.19. The van der Waals surface area contributed by atoms with Gasteiger partial charge in [0, 0.05) is 22.3 Å². The van der Waals surface area contributed by atoms with Crippen LogP contribution in [0.15, 0.2) is 53.3 Å². The molecule has 1 fully saturated rings. The monoisotopic (exact) mass is 483 g/mol. The van der Waals surface area contributed by atoms with Gasteiger partial charge in [-0.2, -0.15) is 4.68 Å². The van der Waals surface area contributed by atoms with E-state index in [2.05, 4.69) is 20.7 Å². The summed E-state index contributed by atoms with van der Waals surface area (Å²) in [6, 6.07) is 13.3. The second-order valence-corrected chi connectivity index (χ2v) is 8.53. The van der Waals surface area contributed by atoms with Crippen molar-refractivity contribution in [2.75, 3.05) is 11.9 Å². The van der Waals surface area contributed by atoms with Gasteiger partial charge < -0.3 is 15.4 Å². The Balaban J connectivity index is 1.41. The molecule has 3 aromatic rings. The minimum absolute atomic E-state index is 0.236. The lowest BCUT2D eigenvalue weighted by molar-refractivity contribution is -0.150. The SMILES string of the molecule is CCOC(=O)[C@H]1CCCC[C@H]1NC(=O)c1ccc(Nc2nn(-c3ccc(Cl)cc3)c(=O)[nH]2)cc1. The van der Waals surface area contributed by atoms with E-state index in [-0.39, 0.29) is 29.8 Å². The molecule has 0 radical (unpaired) electrons. The van der Waals surface area contributed by atoms with Gasteiger partial charge in [0.05, 0.1) is 18.2 Å². The fourth-order valence-electron chi connectivity index (χ4n) is 4.07. The molecule has 0 aliphatic heterocycles. The largest absolute Gasteiger partial charge is 0.466 e. The second-order valence-electron chi connectivity index (χ2n) is 8.09. The van der Waals surface area contributed by atoms with Crippen molar-refractivity contribution in [3.63, 3.8) is 0 Å². The summed E-state index contributed by atoms with van der Waals surface area (Å²) in [6.07, 6.45) is 3.38. The van der Waals surface area contributed by atoms with Crippen LogP contribution in [0.3, 0.4) is 0 Å². The number of amides is 1. The van der Waals surface area contributed by atoms with Crippen molar-refractivity contribution in [1.29, 1.82) is 0 Å². The number of ether oxygens (including phenoxy) is 1. The smallest absolute Gasteiger partial charge is 0.349 e. The highest BCUT2D eigenvalue weighted by atomic mass is 35.5. The lowest BCUT2D eigenvalue weighted by Gasteiger charge is -2.30. The van der Waals surface area contributed by atoms with Gasteiger partial charge in [-0.3, -0.25) is 14.6 Å². The minimum Gasteiger partial charge on any atom is -0.466 e. The molecule has 34 heavy (non-hydrogen) atoms. The van der Waals surface area contributed by atoms with Crippen LogP contribution in [-0.2, 0) is 9.53 Å². The first-order valence-corrected chi connectivity index (χ1v) is 11.6. The van der Waals surface area contributed by atoms with Crippen molar-refractivity contribution in [1.82, 2.24) is 20.1 Å². The van der Waals surface area contributed by atoms with Crippen LogP contribution in [0.4, 0.5) is 11.6 Å². The van der Waals surface area contributed by atoms with Crippen LogP contribution in [-0.4, -0.2) is 39.3 Å². The highest BCUT2D eigenvalue weighted by Crippen LogP contribution is 2.26. The van der Waals surface area contributed by atoms with E-state index in [1.165, 1.54) is 4.68 Å². The summed E-state index contributed by atoms with van der Waals surface area (Å²) >= 11 is 5.90. The van der Waals surface area contributed by atoms with E-state index in [1.54, 1.807) is 55.5 Å². The number of aromatic nitrogens is 3. The summed E-state index contributed by atoms with van der Waals surface area (Å²) in [7, 11) is 0. The number of hydrogen-bond donors (Lipinski definition) is 3. The Hall–Kier alpha value is -3.59. The number of nitrogens with one attached hydrogen (secondary N) is 3. The molecule has 0 bridgehead atoms. The van der Waals surface area contributed by atoms with Gasteiger partial charge >= 0.3 is 11.7 Å². The zero-order valence-electron chi connectivity index (χ0n) is 18.7. The summed E-state index contributed by atoms with van der Waals surface area (Å²) in [4.78, 5) is 39.9. The molecule has 10 heteroatoms. The molecular weight excluding hydrogens is 458 g/mol. The third-order valence-corrected chi connectivity index (χ3v) is 6.02. The fraction of sp³-hybridized carbons (Fsp3) is 0.333. The molecular formula is C24H26ClN5O4. The number of anilines is 2. The molecule has 2 aromatic carbocycles. The molecule has 9 nitrogen and oxygen atoms in total. The van der Waals surface area contributed by atoms with Crippen molar-refractivity contribution in [2.45, 2.75) is 38.6 Å². The van der Waals surface area contributed by atoms with Crippen molar-refractivity contribution >= 4 is 35.1 Å². The second kappa shape index (κ2) is 10.6. The third-order valence-electron chi connectivity index (χ3n) is 5.77. The van der Waals surface area contributed by atoms with Gasteiger partial charge in [-0.15, -0.1) is 5.10 Å². The van der Waals surface area contributed by atoms with Gasteiger partial charge in [0.15, 0.2) is 0 Å². The maximum absolute atomic E-state index is 12.8. The Labute approximate surface area is 201 Å². The number of H-pyrrole nitrogens is 1. The van der Waals surface area contributed by atoms with Crippen molar-refractivity contribution < 1.29 is 14.3 Å². The van der Waals surface area contributed by atoms with E-state index >= 15 is 0 Å². The lowest BCUT2D eigenvalue weighted by Crippen LogP contribution is -2.45. The van der Waals surface area contributed by atoms with Gasteiger partial charge in [-0.1, -0.05) is 24.4 Å². The molecule has 1 aliphatic carbocycles. The average molecular weight is 484 g/mol. The van der Waals surface area contributed by atoms with E-state index in [1.807, 2.05) is 0 Å². The number of benzene rings is 2. The number of aromatic amines is 1. The average Bonchev–Trinajstić information content (AvgIpc) is 3.20. The summed E-state index contributed by atoms with van der Waals surface area (Å²) in [5, 5.41) is 10.8. The number of carbonyl (C=O) groups is 2. The molecule has 3 N–H and O–H groups in total. The van der Waals surface area contributed by atoms with E-state index in [9.17, 15) is 14.4 Å². The quantitative estimate of drug-likeness (QED) is 0.440. The van der Waals surface area contributed by atoms with E-state index < -0.39 is 5.69 Å².